The zero-order chi connectivity index (χ0) is 7.56. The monoisotopic (exact) mass is 139 g/mol. The molecule has 1 N–H and O–H groups in total. The normalized spacial score (nSPS) is 11.0. The van der Waals surface area contributed by atoms with Crippen molar-refractivity contribution < 1.29 is 5.21 Å². The van der Waals surface area contributed by atoms with E-state index < -0.39 is 0 Å². The Morgan fingerprint density at radius 3 is 2.90 bits per heavy atom. The fourth-order valence-electron chi connectivity index (χ4n) is 0.685. The van der Waals surface area contributed by atoms with Crippen molar-refractivity contribution in [3.63, 3.8) is 0 Å². The lowest BCUT2D eigenvalue weighted by atomic mass is 10.5. The van der Waals surface area contributed by atoms with Crippen LogP contribution in [0.2, 0.25) is 0 Å². The first-order valence-electron chi connectivity index (χ1n) is 2.91. The first-order valence-corrected chi connectivity index (χ1v) is 2.91. The highest BCUT2D eigenvalue weighted by atomic mass is 16.4. The van der Waals surface area contributed by atoms with Gasteiger partial charge in [0.05, 0.1) is 0 Å². The molecule has 0 aliphatic rings. The Labute approximate surface area is 58.8 Å². The lowest BCUT2D eigenvalue weighted by Gasteiger charge is -1.94. The molecule has 0 bridgehead atoms. The Morgan fingerprint density at radius 1 is 1.80 bits per heavy atom. The van der Waals surface area contributed by atoms with E-state index in [0.717, 1.165) is 5.69 Å². The van der Waals surface area contributed by atoms with Crippen molar-refractivity contribution >= 4 is 6.21 Å². The third-order valence-electron chi connectivity index (χ3n) is 1.43. The van der Waals surface area contributed by atoms with E-state index in [1.54, 1.807) is 6.20 Å². The second-order valence-electron chi connectivity index (χ2n) is 2.06. The van der Waals surface area contributed by atoms with E-state index in [0.29, 0.717) is 5.82 Å². The molecule has 4 heteroatoms. The van der Waals surface area contributed by atoms with Crippen molar-refractivity contribution in [2.75, 3.05) is 0 Å². The molecule has 1 aromatic heterocycles. The SMILES string of the molecule is Cc1cnc(/C=N/O)n1C. The van der Waals surface area contributed by atoms with Crippen LogP contribution < -0.4 is 0 Å². The molecule has 0 aliphatic heterocycles. The largest absolute Gasteiger partial charge is 0.411 e. The maximum atomic E-state index is 8.17. The van der Waals surface area contributed by atoms with Crippen LogP contribution in [-0.2, 0) is 7.05 Å². The van der Waals surface area contributed by atoms with E-state index in [-0.39, 0.29) is 0 Å². The number of imidazole rings is 1. The maximum absolute atomic E-state index is 8.17. The first-order chi connectivity index (χ1) is 4.75. The summed E-state index contributed by atoms with van der Waals surface area (Å²) in [5.74, 6) is 0.653. The zero-order valence-corrected chi connectivity index (χ0v) is 5.94. The van der Waals surface area contributed by atoms with Gasteiger partial charge in [0.2, 0.25) is 0 Å². The predicted molar refractivity (Wildman–Crippen MR) is 37.3 cm³/mol. The Hall–Kier alpha value is -1.32. The summed E-state index contributed by atoms with van der Waals surface area (Å²) in [6.45, 7) is 1.93. The molecule has 1 rings (SSSR count). The van der Waals surface area contributed by atoms with Crippen molar-refractivity contribution in [2.45, 2.75) is 6.92 Å². The molecule has 54 valence electrons. The molecule has 0 atom stereocenters. The minimum absolute atomic E-state index is 0.653. The highest BCUT2D eigenvalue weighted by Crippen LogP contribution is 1.97. The van der Waals surface area contributed by atoms with Crippen LogP contribution in [-0.4, -0.2) is 21.0 Å². The summed E-state index contributed by atoms with van der Waals surface area (Å²) in [4.78, 5) is 3.96. The van der Waals surface area contributed by atoms with E-state index in [9.17, 15) is 0 Å². The minimum Gasteiger partial charge on any atom is -0.411 e. The molecule has 0 aromatic carbocycles. The zero-order valence-electron chi connectivity index (χ0n) is 5.94. The summed E-state index contributed by atoms with van der Waals surface area (Å²) in [5.41, 5.74) is 1.04. The summed E-state index contributed by atoms with van der Waals surface area (Å²) < 4.78 is 1.83. The van der Waals surface area contributed by atoms with Crippen molar-refractivity contribution in [3.8, 4) is 0 Å². The lowest BCUT2D eigenvalue weighted by molar-refractivity contribution is 0.321. The van der Waals surface area contributed by atoms with E-state index in [1.807, 2.05) is 18.5 Å². The van der Waals surface area contributed by atoms with Gasteiger partial charge in [-0.3, -0.25) is 0 Å². The number of aromatic nitrogens is 2. The van der Waals surface area contributed by atoms with E-state index >= 15 is 0 Å². The number of nitrogens with zero attached hydrogens (tertiary/aromatic N) is 3. The fourth-order valence-corrected chi connectivity index (χ4v) is 0.685. The number of hydrogen-bond acceptors (Lipinski definition) is 3. The van der Waals surface area contributed by atoms with Gasteiger partial charge in [0.15, 0.2) is 5.82 Å². The molecule has 10 heavy (non-hydrogen) atoms. The highest BCUT2D eigenvalue weighted by Gasteiger charge is 1.97. The highest BCUT2D eigenvalue weighted by molar-refractivity contribution is 5.74. The number of rotatable bonds is 1. The van der Waals surface area contributed by atoms with Gasteiger partial charge in [0.25, 0.3) is 0 Å². The Balaban J connectivity index is 3.05. The van der Waals surface area contributed by atoms with Gasteiger partial charge in [-0.15, -0.1) is 0 Å². The molecule has 0 saturated heterocycles. The van der Waals surface area contributed by atoms with Crippen LogP contribution in [0.4, 0.5) is 0 Å². The molecule has 0 radical (unpaired) electrons. The molecular weight excluding hydrogens is 130 g/mol. The molecular formula is C6H9N3O. The van der Waals surface area contributed by atoms with Crippen molar-refractivity contribution in [1.29, 1.82) is 0 Å². The summed E-state index contributed by atoms with van der Waals surface area (Å²) in [5, 5.41) is 11.0. The smallest absolute Gasteiger partial charge is 0.154 e. The molecule has 0 amide bonds. The Bertz CT molecular complexity index is 251. The van der Waals surface area contributed by atoms with Crippen molar-refractivity contribution in [2.24, 2.45) is 12.2 Å². The van der Waals surface area contributed by atoms with Gasteiger partial charge in [-0.2, -0.15) is 0 Å². The van der Waals surface area contributed by atoms with E-state index in [2.05, 4.69) is 10.1 Å². The lowest BCUT2D eigenvalue weighted by Crippen LogP contribution is -1.97. The molecule has 0 saturated carbocycles. The molecule has 1 aromatic rings. The number of hydrogen-bond donors (Lipinski definition) is 1. The summed E-state index contributed by atoms with van der Waals surface area (Å²) in [7, 11) is 1.86. The first kappa shape index (κ1) is 6.80. The second kappa shape index (κ2) is 2.51. The third-order valence-corrected chi connectivity index (χ3v) is 1.43. The quantitative estimate of drug-likeness (QED) is 0.350. The number of aryl methyl sites for hydroxylation is 1. The van der Waals surface area contributed by atoms with Gasteiger partial charge in [0, 0.05) is 18.9 Å². The van der Waals surface area contributed by atoms with E-state index in [4.69, 9.17) is 5.21 Å². The van der Waals surface area contributed by atoms with Crippen LogP contribution >= 0.6 is 0 Å². The third kappa shape index (κ3) is 1.00. The van der Waals surface area contributed by atoms with E-state index in [1.165, 1.54) is 6.21 Å². The minimum atomic E-state index is 0.653. The van der Waals surface area contributed by atoms with Gasteiger partial charge in [-0.1, -0.05) is 5.16 Å². The molecule has 0 aliphatic carbocycles. The average molecular weight is 139 g/mol. The average Bonchev–Trinajstić information content (AvgIpc) is 2.20. The van der Waals surface area contributed by atoms with Crippen LogP contribution in [0.15, 0.2) is 11.4 Å². The van der Waals surface area contributed by atoms with Crippen LogP contribution in [0.1, 0.15) is 11.5 Å². The van der Waals surface area contributed by atoms with Crippen molar-refractivity contribution in [1.82, 2.24) is 9.55 Å². The molecule has 0 fully saturated rings. The van der Waals surface area contributed by atoms with Crippen LogP contribution in [0.25, 0.3) is 0 Å². The molecule has 0 unspecified atom stereocenters. The summed E-state index contributed by atoms with van der Waals surface area (Å²) in [6, 6.07) is 0. The van der Waals surface area contributed by atoms with Gasteiger partial charge >= 0.3 is 0 Å². The molecule has 1 heterocycles. The van der Waals surface area contributed by atoms with Crippen molar-refractivity contribution in [3.05, 3.63) is 17.7 Å². The Kier molecular flexibility index (Phi) is 1.71. The second-order valence-corrected chi connectivity index (χ2v) is 2.06. The standard InChI is InChI=1S/C6H9N3O/c1-5-3-7-6(4-8-10)9(5)2/h3-4,10H,1-2H3/b8-4+. The topological polar surface area (TPSA) is 50.4 Å². The van der Waals surface area contributed by atoms with Crippen LogP contribution in [0, 0.1) is 6.92 Å². The van der Waals surface area contributed by atoms with Crippen LogP contribution in [0.3, 0.4) is 0 Å². The summed E-state index contributed by atoms with van der Waals surface area (Å²) >= 11 is 0. The number of oxime groups is 1. The Morgan fingerprint density at radius 2 is 2.50 bits per heavy atom. The molecule has 4 nitrogen and oxygen atoms in total. The summed E-state index contributed by atoms with van der Waals surface area (Å²) in [6.07, 6.45) is 3.02. The maximum Gasteiger partial charge on any atom is 0.154 e. The molecule has 0 spiro atoms. The fraction of sp³-hybridized carbons (Fsp3) is 0.333. The predicted octanol–water partition coefficient (Wildman–Crippen LogP) is 0.537. The van der Waals surface area contributed by atoms with Gasteiger partial charge in [-0.05, 0) is 6.92 Å². The van der Waals surface area contributed by atoms with Gasteiger partial charge < -0.3 is 9.77 Å². The van der Waals surface area contributed by atoms with Gasteiger partial charge in [0.1, 0.15) is 6.21 Å². The van der Waals surface area contributed by atoms with Gasteiger partial charge in [-0.25, -0.2) is 4.98 Å². The van der Waals surface area contributed by atoms with Crippen LogP contribution in [0.5, 0.6) is 0 Å².